The minimum Gasteiger partial charge on any atom is -0.456 e. The maximum Gasteiger partial charge on any atom is 0.140 e. The van der Waals surface area contributed by atoms with Crippen molar-refractivity contribution in [2.45, 2.75) is 27.7 Å². The summed E-state index contributed by atoms with van der Waals surface area (Å²) in [6.45, 7) is 8.20. The van der Waals surface area contributed by atoms with Gasteiger partial charge in [0.05, 0.1) is 5.56 Å². The molecule has 0 aliphatic rings. The molecule has 0 saturated heterocycles. The molecule has 0 saturated carbocycles. The summed E-state index contributed by atoms with van der Waals surface area (Å²) in [4.78, 5) is 0.353. The van der Waals surface area contributed by atoms with Gasteiger partial charge < -0.3 is 10.5 Å². The summed E-state index contributed by atoms with van der Waals surface area (Å²) in [6, 6.07) is 10.0. The van der Waals surface area contributed by atoms with Crippen LogP contribution in [-0.4, -0.2) is 4.99 Å². The van der Waals surface area contributed by atoms with Crippen molar-refractivity contribution < 1.29 is 4.74 Å². The maximum absolute atomic E-state index is 6.13. The zero-order valence-corrected chi connectivity index (χ0v) is 13.1. The Hall–Kier alpha value is -1.87. The van der Waals surface area contributed by atoms with Crippen LogP contribution in [0.5, 0.6) is 11.5 Å². The molecule has 2 N–H and O–H groups in total. The summed E-state index contributed by atoms with van der Waals surface area (Å²) < 4.78 is 6.13. The van der Waals surface area contributed by atoms with Gasteiger partial charge in [0.1, 0.15) is 16.5 Å². The van der Waals surface area contributed by atoms with Crippen molar-refractivity contribution in [3.05, 3.63) is 58.1 Å². The fourth-order valence-corrected chi connectivity index (χ4v) is 2.36. The Balaban J connectivity index is 2.53. The van der Waals surface area contributed by atoms with Crippen LogP contribution < -0.4 is 10.5 Å². The summed E-state index contributed by atoms with van der Waals surface area (Å²) in [5.41, 5.74) is 11.1. The first kappa shape index (κ1) is 14.5. The summed E-state index contributed by atoms with van der Waals surface area (Å²) in [5, 5.41) is 0. The number of ether oxygens (including phenoxy) is 1. The number of aryl methyl sites for hydroxylation is 3. The molecule has 2 rings (SSSR count). The Morgan fingerprint density at radius 1 is 1.05 bits per heavy atom. The Bertz CT molecular complexity index is 677. The third-order valence-electron chi connectivity index (χ3n) is 3.45. The molecule has 0 fully saturated rings. The second-order valence-electron chi connectivity index (χ2n) is 5.12. The number of thiocarbonyl (C=S) groups is 1. The van der Waals surface area contributed by atoms with E-state index in [0.717, 1.165) is 28.2 Å². The molecular formula is C17H19NOS. The van der Waals surface area contributed by atoms with Crippen LogP contribution >= 0.6 is 12.2 Å². The molecule has 0 amide bonds. The third-order valence-corrected chi connectivity index (χ3v) is 3.67. The highest BCUT2D eigenvalue weighted by Gasteiger charge is 2.12. The van der Waals surface area contributed by atoms with Gasteiger partial charge in [-0.05, 0) is 62.1 Å². The van der Waals surface area contributed by atoms with E-state index in [4.69, 9.17) is 22.7 Å². The SMILES string of the molecule is Cc1cc(C)c(C)c(Oc2c(C)cccc2C(N)=S)c1. The molecule has 0 unspecified atom stereocenters. The fraction of sp³-hybridized carbons (Fsp3) is 0.235. The average molecular weight is 285 g/mol. The predicted octanol–water partition coefficient (Wildman–Crippen LogP) is 4.35. The minimum absolute atomic E-state index is 0.353. The molecule has 0 spiro atoms. The van der Waals surface area contributed by atoms with Crippen LogP contribution in [0.4, 0.5) is 0 Å². The highest BCUT2D eigenvalue weighted by molar-refractivity contribution is 7.80. The van der Waals surface area contributed by atoms with Crippen LogP contribution in [0.3, 0.4) is 0 Å². The molecule has 104 valence electrons. The first-order valence-electron chi connectivity index (χ1n) is 6.55. The summed E-state index contributed by atoms with van der Waals surface area (Å²) in [6.07, 6.45) is 0. The van der Waals surface area contributed by atoms with Crippen LogP contribution in [0.2, 0.25) is 0 Å². The predicted molar refractivity (Wildman–Crippen MR) is 87.8 cm³/mol. The van der Waals surface area contributed by atoms with E-state index >= 15 is 0 Å². The normalized spacial score (nSPS) is 10.4. The summed E-state index contributed by atoms with van der Waals surface area (Å²) >= 11 is 5.11. The molecule has 0 aromatic heterocycles. The van der Waals surface area contributed by atoms with Crippen LogP contribution in [0.1, 0.15) is 27.8 Å². The van der Waals surface area contributed by atoms with Gasteiger partial charge in [0.2, 0.25) is 0 Å². The van der Waals surface area contributed by atoms with E-state index in [2.05, 4.69) is 26.8 Å². The number of hydrogen-bond donors (Lipinski definition) is 1. The topological polar surface area (TPSA) is 35.2 Å². The molecule has 0 heterocycles. The van der Waals surface area contributed by atoms with Crippen molar-refractivity contribution in [2.75, 3.05) is 0 Å². The Labute approximate surface area is 125 Å². The Kier molecular flexibility index (Phi) is 4.09. The standard InChI is InChI=1S/C17H19NOS/c1-10-8-12(3)13(4)15(9-10)19-16-11(2)6-5-7-14(16)17(18)20/h5-9H,1-4H3,(H2,18,20). The van der Waals surface area contributed by atoms with Crippen LogP contribution in [0, 0.1) is 27.7 Å². The molecule has 0 atom stereocenters. The van der Waals surface area contributed by atoms with Gasteiger partial charge in [-0.15, -0.1) is 0 Å². The number of benzene rings is 2. The smallest absolute Gasteiger partial charge is 0.140 e. The second kappa shape index (κ2) is 5.63. The van der Waals surface area contributed by atoms with E-state index in [-0.39, 0.29) is 0 Å². The molecule has 3 heteroatoms. The average Bonchev–Trinajstić information content (AvgIpc) is 2.37. The van der Waals surface area contributed by atoms with Crippen LogP contribution in [0.25, 0.3) is 0 Å². The molecule has 2 aromatic rings. The second-order valence-corrected chi connectivity index (χ2v) is 5.56. The largest absolute Gasteiger partial charge is 0.456 e. The molecule has 0 bridgehead atoms. The van der Waals surface area contributed by atoms with E-state index in [1.54, 1.807) is 0 Å². The lowest BCUT2D eigenvalue weighted by Crippen LogP contribution is -2.11. The van der Waals surface area contributed by atoms with Crippen molar-refractivity contribution in [1.82, 2.24) is 0 Å². The summed E-state index contributed by atoms with van der Waals surface area (Å²) in [7, 11) is 0. The molecule has 0 aliphatic heterocycles. The molecule has 20 heavy (non-hydrogen) atoms. The van der Waals surface area contributed by atoms with Crippen LogP contribution in [0.15, 0.2) is 30.3 Å². The van der Waals surface area contributed by atoms with Gasteiger partial charge in [-0.3, -0.25) is 0 Å². The van der Waals surface area contributed by atoms with Gasteiger partial charge >= 0.3 is 0 Å². The molecule has 2 aromatic carbocycles. The highest BCUT2D eigenvalue weighted by atomic mass is 32.1. The quantitative estimate of drug-likeness (QED) is 0.852. The van der Waals surface area contributed by atoms with Crippen molar-refractivity contribution in [3.63, 3.8) is 0 Å². The molecule has 0 radical (unpaired) electrons. The lowest BCUT2D eigenvalue weighted by Gasteiger charge is -2.16. The van der Waals surface area contributed by atoms with E-state index in [1.165, 1.54) is 11.1 Å². The zero-order valence-electron chi connectivity index (χ0n) is 12.3. The number of para-hydroxylation sites is 1. The van der Waals surface area contributed by atoms with E-state index in [0.29, 0.717) is 4.99 Å². The number of nitrogens with two attached hydrogens (primary N) is 1. The van der Waals surface area contributed by atoms with Gasteiger partial charge in [-0.1, -0.05) is 30.4 Å². The Morgan fingerprint density at radius 3 is 2.40 bits per heavy atom. The number of hydrogen-bond acceptors (Lipinski definition) is 2. The van der Waals surface area contributed by atoms with Crippen molar-refractivity contribution in [2.24, 2.45) is 5.73 Å². The molecule has 0 aliphatic carbocycles. The highest BCUT2D eigenvalue weighted by Crippen LogP contribution is 2.32. The first-order chi connectivity index (χ1) is 9.40. The van der Waals surface area contributed by atoms with Gasteiger partial charge in [-0.25, -0.2) is 0 Å². The van der Waals surface area contributed by atoms with Gasteiger partial charge in [0.15, 0.2) is 0 Å². The fourth-order valence-electron chi connectivity index (χ4n) is 2.20. The maximum atomic E-state index is 6.13. The van der Waals surface area contributed by atoms with Gasteiger partial charge in [0.25, 0.3) is 0 Å². The zero-order chi connectivity index (χ0) is 14.9. The molecule has 2 nitrogen and oxygen atoms in total. The Morgan fingerprint density at radius 2 is 1.75 bits per heavy atom. The summed E-state index contributed by atoms with van der Waals surface area (Å²) in [5.74, 6) is 1.60. The van der Waals surface area contributed by atoms with Gasteiger partial charge in [-0.2, -0.15) is 0 Å². The third kappa shape index (κ3) is 2.83. The minimum atomic E-state index is 0.353. The monoisotopic (exact) mass is 285 g/mol. The number of rotatable bonds is 3. The van der Waals surface area contributed by atoms with E-state index in [1.807, 2.05) is 31.2 Å². The van der Waals surface area contributed by atoms with Crippen molar-refractivity contribution in [1.29, 1.82) is 0 Å². The lowest BCUT2D eigenvalue weighted by atomic mass is 10.1. The molecular weight excluding hydrogens is 266 g/mol. The van der Waals surface area contributed by atoms with Crippen molar-refractivity contribution >= 4 is 17.2 Å². The van der Waals surface area contributed by atoms with E-state index in [9.17, 15) is 0 Å². The van der Waals surface area contributed by atoms with Gasteiger partial charge in [0, 0.05) is 0 Å². The lowest BCUT2D eigenvalue weighted by molar-refractivity contribution is 0.473. The van der Waals surface area contributed by atoms with Crippen molar-refractivity contribution in [3.8, 4) is 11.5 Å². The first-order valence-corrected chi connectivity index (χ1v) is 6.96. The van der Waals surface area contributed by atoms with E-state index < -0.39 is 0 Å². The van der Waals surface area contributed by atoms with Crippen LogP contribution in [-0.2, 0) is 0 Å².